The van der Waals surface area contributed by atoms with Crippen molar-refractivity contribution < 1.29 is 61.4 Å². The molecular formula is C57H74N7O15P. The van der Waals surface area contributed by atoms with Gasteiger partial charge in [-0.05, 0) is 82.0 Å². The maximum absolute atomic E-state index is 15.0. The van der Waals surface area contributed by atoms with Crippen LogP contribution >= 0.6 is 8.53 Å². The van der Waals surface area contributed by atoms with Crippen LogP contribution in [0.4, 0.5) is 0 Å². The van der Waals surface area contributed by atoms with Crippen molar-refractivity contribution in [2.45, 2.75) is 129 Å². The van der Waals surface area contributed by atoms with E-state index in [1.807, 2.05) is 111 Å². The number of piperidine rings is 1. The molecular weight excluding hydrogens is 1050 g/mol. The third kappa shape index (κ3) is 15.7. The number of aryl methyl sites for hydroxylation is 1. The van der Waals surface area contributed by atoms with Gasteiger partial charge in [0.25, 0.3) is 14.1 Å². The van der Waals surface area contributed by atoms with E-state index >= 15 is 0 Å². The lowest BCUT2D eigenvalue weighted by atomic mass is 9.79. The molecule has 2 N–H and O–H groups in total. The number of methoxy groups -OCH3 is 2. The average Bonchev–Trinajstić information content (AvgIpc) is 3.49. The number of hydrogen-bond donors (Lipinski definition) is 2. The summed E-state index contributed by atoms with van der Waals surface area (Å²) < 4.78 is 53.5. The lowest BCUT2D eigenvalue weighted by Gasteiger charge is -2.48. The molecule has 1 unspecified atom stereocenters. The SMILES string of the molecule is COc1ccc(C(OC[C@]2(COP(OCCC#N)N(C(C)C)C(C)C)CN(C(=O)CCCC(=O)N3C[C@H](NC(C)=O)[C@@H](OC(C)=O)[C@@H](OC(C)=O)C3)C[C@H](n3cc(C)c(=O)[nH]c3=O)O2)(c2ccccc2)c2ccc(OC)cc2)cc1. The fourth-order valence-electron chi connectivity index (χ4n) is 10.1. The number of amides is 3. The number of benzene rings is 3. The van der Waals surface area contributed by atoms with Crippen LogP contribution in [0.3, 0.4) is 0 Å². The first-order chi connectivity index (χ1) is 38.1. The number of ether oxygens (including phenoxy) is 6. The van der Waals surface area contributed by atoms with E-state index in [1.165, 1.54) is 41.3 Å². The summed E-state index contributed by atoms with van der Waals surface area (Å²) in [5.41, 5.74) is -2.19. The number of aromatic nitrogens is 2. The van der Waals surface area contributed by atoms with Crippen LogP contribution in [-0.4, -0.2) is 150 Å². The molecule has 3 amide bonds. The summed E-state index contributed by atoms with van der Waals surface area (Å²) in [6, 6.07) is 25.5. The number of nitriles is 1. The molecule has 80 heavy (non-hydrogen) atoms. The third-order valence-electron chi connectivity index (χ3n) is 13.6. The molecule has 2 aliphatic rings. The van der Waals surface area contributed by atoms with Gasteiger partial charge < -0.3 is 52.6 Å². The molecule has 2 fully saturated rings. The van der Waals surface area contributed by atoms with Crippen molar-refractivity contribution in [1.29, 1.82) is 5.26 Å². The minimum atomic E-state index is -1.93. The fourth-order valence-corrected chi connectivity index (χ4v) is 11.8. The van der Waals surface area contributed by atoms with Crippen molar-refractivity contribution in [2.24, 2.45) is 0 Å². The molecule has 0 spiro atoms. The standard InChI is InChI=1S/C57H74N7O15P/c1-37(2)64(38(3)4)80(75-29-15-28-58)76-36-56(35-74-57(43-16-12-11-13-17-43,44-20-24-46(72-9)25-21-44)45-22-26-47(73-10)27-23-45)34-62(33-52(79-56)63-30-39(5)54(70)60-55(63)71)51(69)19-14-18-50(68)61-31-48(59-40(6)65)53(78-42(8)67)49(32-61)77-41(7)66/h11-13,16-17,20-27,30,37-38,48-49,52-53H,14-15,18-19,29,31-36H2,1-10H3,(H,59,65)(H,60,70,71)/t48-,49-,52+,53+,56-,80?/m0/s1. The number of nitrogens with zero attached hydrogens (tertiary/aromatic N) is 5. The summed E-state index contributed by atoms with van der Waals surface area (Å²) in [4.78, 5) is 97.7. The number of nitrogens with one attached hydrogen (secondary N) is 2. The Morgan fingerprint density at radius 3 is 1.91 bits per heavy atom. The lowest BCUT2D eigenvalue weighted by Crippen LogP contribution is -2.64. The third-order valence-corrected chi connectivity index (χ3v) is 15.7. The van der Waals surface area contributed by atoms with Gasteiger partial charge in [-0.2, -0.15) is 5.26 Å². The molecule has 6 atom stereocenters. The number of aromatic amines is 1. The van der Waals surface area contributed by atoms with Crippen molar-refractivity contribution in [2.75, 3.05) is 60.2 Å². The van der Waals surface area contributed by atoms with Crippen LogP contribution in [-0.2, 0) is 57.6 Å². The van der Waals surface area contributed by atoms with E-state index in [1.54, 1.807) is 21.1 Å². The molecule has 0 radical (unpaired) electrons. The Morgan fingerprint density at radius 2 is 1.38 bits per heavy atom. The zero-order valence-corrected chi connectivity index (χ0v) is 48.0. The summed E-state index contributed by atoms with van der Waals surface area (Å²) in [6.45, 7) is 12.0. The molecule has 3 aromatic carbocycles. The van der Waals surface area contributed by atoms with Gasteiger partial charge in [-0.1, -0.05) is 54.6 Å². The molecule has 0 aliphatic carbocycles. The fraction of sp³-hybridized carbons (Fsp3) is 0.509. The second-order valence-electron chi connectivity index (χ2n) is 20.3. The topological polar surface area (TPSA) is 260 Å². The van der Waals surface area contributed by atoms with E-state index in [4.69, 9.17) is 37.5 Å². The van der Waals surface area contributed by atoms with Crippen LogP contribution in [0, 0.1) is 18.3 Å². The quantitative estimate of drug-likeness (QED) is 0.0352. The number of carbonyl (C=O) groups is 5. The first kappa shape index (κ1) is 62.2. The minimum absolute atomic E-state index is 0.0339. The Hall–Kier alpha value is -6.99. The number of H-pyrrole nitrogens is 1. The molecule has 2 saturated heterocycles. The van der Waals surface area contributed by atoms with Gasteiger partial charge in [0.05, 0.1) is 72.2 Å². The summed E-state index contributed by atoms with van der Waals surface area (Å²) in [7, 11) is 1.21. The highest BCUT2D eigenvalue weighted by molar-refractivity contribution is 7.44. The van der Waals surface area contributed by atoms with E-state index in [9.17, 15) is 38.8 Å². The molecule has 0 saturated carbocycles. The largest absolute Gasteiger partial charge is 0.497 e. The molecule has 3 heterocycles. The molecule has 1 aromatic heterocycles. The predicted molar refractivity (Wildman–Crippen MR) is 294 cm³/mol. The van der Waals surface area contributed by atoms with Gasteiger partial charge in [0.1, 0.15) is 22.7 Å². The van der Waals surface area contributed by atoms with Gasteiger partial charge in [0, 0.05) is 64.0 Å². The Balaban J connectivity index is 1.44. The number of hydrogen-bond acceptors (Lipinski definition) is 17. The molecule has 2 aliphatic heterocycles. The van der Waals surface area contributed by atoms with Crippen LogP contribution in [0.5, 0.6) is 11.5 Å². The van der Waals surface area contributed by atoms with Gasteiger partial charge in [0.2, 0.25) is 17.7 Å². The minimum Gasteiger partial charge on any atom is -0.497 e. The summed E-state index contributed by atoms with van der Waals surface area (Å²) in [5.74, 6) is -1.47. The average molecular weight is 1130 g/mol. The highest BCUT2D eigenvalue weighted by Gasteiger charge is 2.49. The normalized spacial score (nSPS) is 19.8. The lowest BCUT2D eigenvalue weighted by molar-refractivity contribution is -0.227. The van der Waals surface area contributed by atoms with Crippen molar-refractivity contribution in [3.63, 3.8) is 0 Å². The second kappa shape index (κ2) is 28.4. The van der Waals surface area contributed by atoms with Crippen molar-refractivity contribution >= 4 is 38.2 Å². The molecule has 432 valence electrons. The van der Waals surface area contributed by atoms with Crippen molar-refractivity contribution in [1.82, 2.24) is 29.3 Å². The van der Waals surface area contributed by atoms with Crippen molar-refractivity contribution in [3.8, 4) is 17.6 Å². The Labute approximate surface area is 467 Å². The van der Waals surface area contributed by atoms with E-state index < -0.39 is 85.1 Å². The number of likely N-dealkylation sites (tertiary alicyclic amines) is 1. The van der Waals surface area contributed by atoms with Crippen LogP contribution < -0.4 is 26.0 Å². The van der Waals surface area contributed by atoms with Gasteiger partial charge in [-0.3, -0.25) is 38.3 Å². The highest BCUT2D eigenvalue weighted by Crippen LogP contribution is 2.49. The van der Waals surface area contributed by atoms with E-state index in [0.717, 1.165) is 5.56 Å². The zero-order chi connectivity index (χ0) is 58.3. The Bertz CT molecular complexity index is 2830. The van der Waals surface area contributed by atoms with E-state index in [0.29, 0.717) is 22.6 Å². The van der Waals surface area contributed by atoms with Crippen LogP contribution in [0.25, 0.3) is 0 Å². The molecule has 0 bridgehead atoms. The number of esters is 2. The monoisotopic (exact) mass is 1130 g/mol. The Kier molecular flexibility index (Phi) is 22.1. The maximum atomic E-state index is 15.0. The summed E-state index contributed by atoms with van der Waals surface area (Å²) >= 11 is 0. The number of carbonyl (C=O) groups excluding carboxylic acids is 5. The summed E-state index contributed by atoms with van der Waals surface area (Å²) in [6.07, 6.45) is -2.27. The van der Waals surface area contributed by atoms with E-state index in [-0.39, 0.29) is 89.3 Å². The van der Waals surface area contributed by atoms with Crippen LogP contribution in [0.1, 0.15) is 103 Å². The Morgan fingerprint density at radius 1 is 0.800 bits per heavy atom. The molecule has 4 aromatic rings. The van der Waals surface area contributed by atoms with Crippen LogP contribution in [0.15, 0.2) is 94.6 Å². The van der Waals surface area contributed by atoms with Crippen LogP contribution in [0.2, 0.25) is 0 Å². The maximum Gasteiger partial charge on any atom is 0.330 e. The first-order valence-corrected chi connectivity index (χ1v) is 27.6. The predicted octanol–water partition coefficient (Wildman–Crippen LogP) is 5.64. The van der Waals surface area contributed by atoms with Gasteiger partial charge in [0.15, 0.2) is 18.4 Å². The smallest absolute Gasteiger partial charge is 0.330 e. The highest BCUT2D eigenvalue weighted by atomic mass is 31.2. The molecule has 23 heteroatoms. The molecule has 6 rings (SSSR count). The first-order valence-electron chi connectivity index (χ1n) is 26.5. The van der Waals surface area contributed by atoms with Crippen molar-refractivity contribution in [3.05, 3.63) is 128 Å². The summed E-state index contributed by atoms with van der Waals surface area (Å²) in [5, 5.41) is 12.3. The van der Waals surface area contributed by atoms with E-state index in [2.05, 4.69) is 16.4 Å². The number of rotatable bonds is 25. The number of morpholine rings is 1. The molecule has 22 nitrogen and oxygen atoms in total. The van der Waals surface area contributed by atoms with Gasteiger partial charge in [-0.25, -0.2) is 9.46 Å². The van der Waals surface area contributed by atoms with Gasteiger partial charge >= 0.3 is 17.6 Å². The second-order valence-corrected chi connectivity index (χ2v) is 21.8. The van der Waals surface area contributed by atoms with Gasteiger partial charge in [-0.15, -0.1) is 0 Å². The zero-order valence-electron chi connectivity index (χ0n) is 47.1.